The minimum absolute atomic E-state index is 0.0341. The van der Waals surface area contributed by atoms with Crippen LogP contribution in [0.15, 0.2) is 76.1 Å². The summed E-state index contributed by atoms with van der Waals surface area (Å²) in [4.78, 5) is 17.1. The van der Waals surface area contributed by atoms with E-state index in [0.29, 0.717) is 48.5 Å². The van der Waals surface area contributed by atoms with Crippen LogP contribution in [0.5, 0.6) is 11.5 Å². The van der Waals surface area contributed by atoms with E-state index in [2.05, 4.69) is 25.6 Å². The number of carbonyl (C=O) groups is 1. The minimum atomic E-state index is -3.90. The van der Waals surface area contributed by atoms with Crippen LogP contribution in [-0.2, 0) is 10.0 Å². The topological polar surface area (TPSA) is 88.2 Å². The van der Waals surface area contributed by atoms with Crippen LogP contribution >= 0.6 is 15.9 Å². The summed E-state index contributed by atoms with van der Waals surface area (Å²) in [5, 5.41) is 0. The first-order valence-electron chi connectivity index (χ1n) is 11.5. The zero-order chi connectivity index (χ0) is 25.7. The standard InChI is InChI=1S/C26H28BrN3O5S/c1-3-35-24-13-10-20(27)18-25(24)36(32,33)28-21-11-8-19(9-12-21)26(31)30-16-14-29(15-17-30)22-6-4-5-7-23(22)34-2/h4-13,18,28H,3,14-17H2,1-2H3. The summed E-state index contributed by atoms with van der Waals surface area (Å²) in [5.41, 5.74) is 1.87. The van der Waals surface area contributed by atoms with E-state index in [1.165, 1.54) is 6.07 Å². The Hall–Kier alpha value is -3.24. The molecule has 0 bridgehead atoms. The van der Waals surface area contributed by atoms with Gasteiger partial charge in [-0.15, -0.1) is 0 Å². The van der Waals surface area contributed by atoms with E-state index in [-0.39, 0.29) is 16.6 Å². The van der Waals surface area contributed by atoms with Crippen molar-refractivity contribution in [3.8, 4) is 11.5 Å². The van der Waals surface area contributed by atoms with E-state index in [0.717, 1.165) is 11.4 Å². The Morgan fingerprint density at radius 1 is 0.972 bits per heavy atom. The number of carbonyl (C=O) groups excluding carboxylic acids is 1. The van der Waals surface area contributed by atoms with E-state index in [4.69, 9.17) is 9.47 Å². The molecule has 0 saturated carbocycles. The van der Waals surface area contributed by atoms with Gasteiger partial charge >= 0.3 is 0 Å². The molecule has 1 aliphatic rings. The maximum atomic E-state index is 13.1. The number of nitrogens with zero attached hydrogens (tertiary/aromatic N) is 2. The van der Waals surface area contributed by atoms with Crippen molar-refractivity contribution in [2.24, 2.45) is 0 Å². The molecule has 4 rings (SSSR count). The molecule has 0 aromatic heterocycles. The number of benzene rings is 3. The number of hydrogen-bond acceptors (Lipinski definition) is 6. The van der Waals surface area contributed by atoms with E-state index in [1.54, 1.807) is 55.3 Å². The first-order chi connectivity index (χ1) is 17.3. The fourth-order valence-corrected chi connectivity index (χ4v) is 5.82. The van der Waals surface area contributed by atoms with E-state index < -0.39 is 10.0 Å². The van der Waals surface area contributed by atoms with Crippen molar-refractivity contribution >= 4 is 43.2 Å². The normalized spacial score (nSPS) is 13.9. The molecule has 1 N–H and O–H groups in total. The van der Waals surface area contributed by atoms with Crippen LogP contribution in [0, 0.1) is 0 Å². The van der Waals surface area contributed by atoms with Gasteiger partial charge in [-0.05, 0) is 61.5 Å². The van der Waals surface area contributed by atoms with Crippen LogP contribution in [0.2, 0.25) is 0 Å². The molecule has 1 heterocycles. The highest BCUT2D eigenvalue weighted by atomic mass is 79.9. The van der Waals surface area contributed by atoms with Gasteiger partial charge < -0.3 is 19.3 Å². The number of halogens is 1. The highest BCUT2D eigenvalue weighted by Gasteiger charge is 2.24. The summed E-state index contributed by atoms with van der Waals surface area (Å²) in [5.74, 6) is 0.994. The molecule has 1 amide bonds. The van der Waals surface area contributed by atoms with Gasteiger partial charge in [-0.25, -0.2) is 8.42 Å². The molecule has 36 heavy (non-hydrogen) atoms. The molecule has 0 aliphatic carbocycles. The lowest BCUT2D eigenvalue weighted by atomic mass is 10.1. The Morgan fingerprint density at radius 3 is 2.33 bits per heavy atom. The molecule has 1 aliphatic heterocycles. The van der Waals surface area contributed by atoms with Gasteiger partial charge in [0.25, 0.3) is 15.9 Å². The van der Waals surface area contributed by atoms with Crippen molar-refractivity contribution in [1.82, 2.24) is 4.90 Å². The van der Waals surface area contributed by atoms with Crippen LogP contribution < -0.4 is 19.1 Å². The van der Waals surface area contributed by atoms with Crippen LogP contribution in [0.25, 0.3) is 0 Å². The maximum Gasteiger partial charge on any atom is 0.265 e. The third-order valence-corrected chi connectivity index (χ3v) is 7.77. The summed E-state index contributed by atoms with van der Waals surface area (Å²) in [6.45, 7) is 4.68. The molecule has 1 saturated heterocycles. The molecule has 3 aromatic rings. The molecule has 0 atom stereocenters. The van der Waals surface area contributed by atoms with E-state index in [1.807, 2.05) is 24.3 Å². The van der Waals surface area contributed by atoms with Gasteiger partial charge in [-0.2, -0.15) is 0 Å². The second-order valence-electron chi connectivity index (χ2n) is 8.16. The van der Waals surface area contributed by atoms with Gasteiger partial charge in [-0.3, -0.25) is 9.52 Å². The quantitative estimate of drug-likeness (QED) is 0.423. The number of nitrogens with one attached hydrogen (secondary N) is 1. The number of amides is 1. The third kappa shape index (κ3) is 5.76. The predicted molar refractivity (Wildman–Crippen MR) is 144 cm³/mol. The second-order valence-corrected chi connectivity index (χ2v) is 10.7. The van der Waals surface area contributed by atoms with Crippen molar-refractivity contribution in [3.05, 3.63) is 76.8 Å². The highest BCUT2D eigenvalue weighted by Crippen LogP contribution is 2.30. The zero-order valence-electron chi connectivity index (χ0n) is 20.1. The highest BCUT2D eigenvalue weighted by molar-refractivity contribution is 9.10. The van der Waals surface area contributed by atoms with E-state index in [9.17, 15) is 13.2 Å². The average molecular weight is 574 g/mol. The van der Waals surface area contributed by atoms with Gasteiger partial charge in [0.2, 0.25) is 0 Å². The molecule has 10 heteroatoms. The van der Waals surface area contributed by atoms with Crippen molar-refractivity contribution in [2.45, 2.75) is 11.8 Å². The number of sulfonamides is 1. The van der Waals surface area contributed by atoms with Crippen molar-refractivity contribution in [3.63, 3.8) is 0 Å². The fraction of sp³-hybridized carbons (Fsp3) is 0.269. The first kappa shape index (κ1) is 25.8. The summed E-state index contributed by atoms with van der Waals surface area (Å²) in [7, 11) is -2.24. The third-order valence-electron chi connectivity index (χ3n) is 5.87. The predicted octanol–water partition coefficient (Wildman–Crippen LogP) is 4.62. The Labute approximate surface area is 220 Å². The number of ether oxygens (including phenoxy) is 2. The molecule has 1 fully saturated rings. The largest absolute Gasteiger partial charge is 0.495 e. The molecule has 0 unspecified atom stereocenters. The summed E-state index contributed by atoms with van der Waals surface area (Å²) in [6, 6.07) is 19.1. The summed E-state index contributed by atoms with van der Waals surface area (Å²) in [6.07, 6.45) is 0. The Morgan fingerprint density at radius 2 is 1.67 bits per heavy atom. The zero-order valence-corrected chi connectivity index (χ0v) is 22.5. The van der Waals surface area contributed by atoms with Crippen molar-refractivity contribution in [1.29, 1.82) is 0 Å². The maximum absolute atomic E-state index is 13.1. The van der Waals surface area contributed by atoms with E-state index >= 15 is 0 Å². The lowest BCUT2D eigenvalue weighted by Crippen LogP contribution is -2.48. The molecular formula is C26H28BrN3O5S. The number of anilines is 2. The van der Waals surface area contributed by atoms with Crippen LogP contribution in [-0.4, -0.2) is 59.1 Å². The average Bonchev–Trinajstić information content (AvgIpc) is 2.89. The van der Waals surface area contributed by atoms with Crippen LogP contribution in [0.4, 0.5) is 11.4 Å². The van der Waals surface area contributed by atoms with Crippen LogP contribution in [0.1, 0.15) is 17.3 Å². The van der Waals surface area contributed by atoms with Gasteiger partial charge in [0.15, 0.2) is 0 Å². The first-order valence-corrected chi connectivity index (χ1v) is 13.8. The van der Waals surface area contributed by atoms with Gasteiger partial charge in [-0.1, -0.05) is 28.1 Å². The molecule has 8 nitrogen and oxygen atoms in total. The number of para-hydroxylation sites is 2. The fourth-order valence-electron chi connectivity index (χ4n) is 4.08. The van der Waals surface area contributed by atoms with Crippen molar-refractivity contribution < 1.29 is 22.7 Å². The lowest BCUT2D eigenvalue weighted by Gasteiger charge is -2.36. The Balaban J connectivity index is 1.41. The number of methoxy groups -OCH3 is 1. The SMILES string of the molecule is CCOc1ccc(Br)cc1S(=O)(=O)Nc1ccc(C(=O)N2CCN(c3ccccc3OC)CC2)cc1. The van der Waals surface area contributed by atoms with Crippen molar-refractivity contribution in [2.75, 3.05) is 49.5 Å². The Kier molecular flexibility index (Phi) is 8.05. The molecule has 0 spiro atoms. The monoisotopic (exact) mass is 573 g/mol. The summed E-state index contributed by atoms with van der Waals surface area (Å²) >= 11 is 3.31. The molecule has 0 radical (unpaired) electrons. The van der Waals surface area contributed by atoms with Gasteiger partial charge in [0, 0.05) is 41.9 Å². The minimum Gasteiger partial charge on any atom is -0.495 e. The second kappa shape index (κ2) is 11.2. The number of hydrogen-bond donors (Lipinski definition) is 1. The number of rotatable bonds is 8. The molecule has 190 valence electrons. The lowest BCUT2D eigenvalue weighted by molar-refractivity contribution is 0.0746. The molecular weight excluding hydrogens is 546 g/mol. The Bertz CT molecular complexity index is 1320. The van der Waals surface area contributed by atoms with Gasteiger partial charge in [0.1, 0.15) is 16.4 Å². The molecule has 3 aromatic carbocycles. The number of piperazine rings is 1. The van der Waals surface area contributed by atoms with Gasteiger partial charge in [0.05, 0.1) is 19.4 Å². The van der Waals surface area contributed by atoms with Crippen LogP contribution in [0.3, 0.4) is 0 Å². The summed E-state index contributed by atoms with van der Waals surface area (Å²) < 4.78 is 40.2. The smallest absolute Gasteiger partial charge is 0.265 e.